The van der Waals surface area contributed by atoms with Crippen molar-refractivity contribution in [3.8, 4) is 0 Å². The molecule has 0 aromatic rings. The predicted octanol–water partition coefficient (Wildman–Crippen LogP) is 2.00. The normalized spacial score (nSPS) is 37.5. The average Bonchev–Trinajstić information content (AvgIpc) is 2.13. The van der Waals surface area contributed by atoms with E-state index in [1.807, 2.05) is 0 Å². The number of hydrogen-bond donors (Lipinski definition) is 0. The molecule has 8 heavy (non-hydrogen) atoms. The van der Waals surface area contributed by atoms with E-state index < -0.39 is 0 Å². The van der Waals surface area contributed by atoms with Gasteiger partial charge in [0.05, 0.1) is 0 Å². The van der Waals surface area contributed by atoms with Gasteiger partial charge in [0.2, 0.25) is 0 Å². The number of halogens is 1. The molecule has 1 fully saturated rings. The highest BCUT2D eigenvalue weighted by atomic mass is 35.5. The van der Waals surface area contributed by atoms with Crippen LogP contribution in [0.4, 0.5) is 0 Å². The SMILES string of the molecule is CC(C)(C)[C@H]1O[C@@H]1Cl. The standard InChI is InChI=1S/C6H11ClO/c1-6(2,3)4-5(7)8-4/h4-5H,1-3H3/t4-,5-/m0/s1. The monoisotopic (exact) mass is 134 g/mol. The minimum absolute atomic E-state index is 0.0185. The largest absolute Gasteiger partial charge is 0.352 e. The zero-order chi connectivity index (χ0) is 6.36. The van der Waals surface area contributed by atoms with E-state index >= 15 is 0 Å². The lowest BCUT2D eigenvalue weighted by Gasteiger charge is -2.12. The first-order valence-electron chi connectivity index (χ1n) is 2.81. The molecule has 2 heteroatoms. The summed E-state index contributed by atoms with van der Waals surface area (Å²) in [5.41, 5.74) is 0.210. The summed E-state index contributed by atoms with van der Waals surface area (Å²) in [5.74, 6) is 0. The summed E-state index contributed by atoms with van der Waals surface area (Å²) in [4.78, 5) is 0. The number of hydrogen-bond acceptors (Lipinski definition) is 1. The molecule has 0 aromatic heterocycles. The molecule has 1 aliphatic rings. The smallest absolute Gasteiger partial charge is 0.158 e. The lowest BCUT2D eigenvalue weighted by Crippen LogP contribution is -2.14. The van der Waals surface area contributed by atoms with Crippen LogP contribution in [0, 0.1) is 5.41 Å². The number of epoxide rings is 1. The summed E-state index contributed by atoms with van der Waals surface area (Å²) in [7, 11) is 0. The molecule has 0 unspecified atom stereocenters. The Morgan fingerprint density at radius 3 is 1.75 bits per heavy atom. The second kappa shape index (κ2) is 1.61. The van der Waals surface area contributed by atoms with Crippen LogP contribution in [0.5, 0.6) is 0 Å². The highest BCUT2D eigenvalue weighted by Crippen LogP contribution is 2.39. The second-order valence-electron chi connectivity index (χ2n) is 3.27. The van der Waals surface area contributed by atoms with E-state index in [4.69, 9.17) is 16.3 Å². The zero-order valence-electron chi connectivity index (χ0n) is 5.44. The maximum Gasteiger partial charge on any atom is 0.158 e. The van der Waals surface area contributed by atoms with Gasteiger partial charge < -0.3 is 4.74 Å². The van der Waals surface area contributed by atoms with Crippen molar-refractivity contribution in [2.24, 2.45) is 5.41 Å². The lowest BCUT2D eigenvalue weighted by atomic mass is 9.93. The Bertz CT molecular complexity index is 95.2. The van der Waals surface area contributed by atoms with E-state index in [-0.39, 0.29) is 17.1 Å². The zero-order valence-corrected chi connectivity index (χ0v) is 6.20. The van der Waals surface area contributed by atoms with Crippen LogP contribution in [0.2, 0.25) is 0 Å². The van der Waals surface area contributed by atoms with Gasteiger partial charge in [-0.2, -0.15) is 0 Å². The molecule has 1 saturated heterocycles. The molecule has 1 heterocycles. The summed E-state index contributed by atoms with van der Waals surface area (Å²) in [6.07, 6.45) is 0.282. The number of alkyl halides is 1. The molecule has 1 nitrogen and oxygen atoms in total. The molecule has 0 radical (unpaired) electrons. The third-order valence-corrected chi connectivity index (χ3v) is 1.62. The van der Waals surface area contributed by atoms with E-state index in [2.05, 4.69) is 20.8 Å². The van der Waals surface area contributed by atoms with Crippen molar-refractivity contribution in [2.75, 3.05) is 0 Å². The van der Waals surface area contributed by atoms with Crippen molar-refractivity contribution in [1.82, 2.24) is 0 Å². The molecule has 0 spiro atoms. The summed E-state index contributed by atoms with van der Waals surface area (Å²) in [6.45, 7) is 6.38. The summed E-state index contributed by atoms with van der Waals surface area (Å²) in [5, 5.41) is 0. The third-order valence-electron chi connectivity index (χ3n) is 1.29. The quantitative estimate of drug-likeness (QED) is 0.365. The van der Waals surface area contributed by atoms with Crippen LogP contribution in [0.25, 0.3) is 0 Å². The van der Waals surface area contributed by atoms with Gasteiger partial charge in [-0.05, 0) is 5.41 Å². The van der Waals surface area contributed by atoms with Gasteiger partial charge in [0.25, 0.3) is 0 Å². The maximum atomic E-state index is 5.61. The average molecular weight is 135 g/mol. The van der Waals surface area contributed by atoms with Gasteiger partial charge in [0.15, 0.2) is 5.56 Å². The van der Waals surface area contributed by atoms with Gasteiger partial charge >= 0.3 is 0 Å². The van der Waals surface area contributed by atoms with Gasteiger partial charge in [-0.3, -0.25) is 0 Å². The topological polar surface area (TPSA) is 12.5 Å². The second-order valence-corrected chi connectivity index (χ2v) is 3.70. The summed E-state index contributed by atoms with van der Waals surface area (Å²) in [6, 6.07) is 0. The molecule has 0 saturated carbocycles. The molecule has 1 aliphatic heterocycles. The first kappa shape index (κ1) is 6.37. The fourth-order valence-electron chi connectivity index (χ4n) is 0.692. The molecule has 2 atom stereocenters. The van der Waals surface area contributed by atoms with Crippen LogP contribution < -0.4 is 0 Å². The molecule has 48 valence electrons. The van der Waals surface area contributed by atoms with Gasteiger partial charge in [-0.15, -0.1) is 0 Å². The van der Waals surface area contributed by atoms with Crippen LogP contribution in [0.1, 0.15) is 20.8 Å². The van der Waals surface area contributed by atoms with Gasteiger partial charge in [0, 0.05) is 0 Å². The first-order valence-corrected chi connectivity index (χ1v) is 3.25. The lowest BCUT2D eigenvalue weighted by molar-refractivity contribution is 0.264. The Morgan fingerprint density at radius 1 is 1.38 bits per heavy atom. The van der Waals surface area contributed by atoms with Gasteiger partial charge in [-0.1, -0.05) is 32.4 Å². The van der Waals surface area contributed by atoms with Crippen LogP contribution in [-0.4, -0.2) is 11.7 Å². The van der Waals surface area contributed by atoms with Crippen molar-refractivity contribution >= 4 is 11.6 Å². The summed E-state index contributed by atoms with van der Waals surface area (Å²) < 4.78 is 5.05. The molecular weight excluding hydrogens is 124 g/mol. The van der Waals surface area contributed by atoms with Crippen molar-refractivity contribution in [3.05, 3.63) is 0 Å². The molecule has 0 bridgehead atoms. The van der Waals surface area contributed by atoms with Crippen molar-refractivity contribution in [3.63, 3.8) is 0 Å². The molecule has 1 rings (SSSR count). The minimum atomic E-state index is -0.0185. The van der Waals surface area contributed by atoms with Crippen LogP contribution in [-0.2, 0) is 4.74 Å². The fourth-order valence-corrected chi connectivity index (χ4v) is 1.18. The first-order chi connectivity index (χ1) is 3.52. The van der Waals surface area contributed by atoms with Crippen LogP contribution >= 0.6 is 11.6 Å². The Balaban J connectivity index is 2.39. The van der Waals surface area contributed by atoms with Gasteiger partial charge in [0.1, 0.15) is 6.10 Å². The molecule has 0 N–H and O–H groups in total. The van der Waals surface area contributed by atoms with Crippen LogP contribution in [0.3, 0.4) is 0 Å². The van der Waals surface area contributed by atoms with E-state index in [1.165, 1.54) is 0 Å². The van der Waals surface area contributed by atoms with E-state index in [1.54, 1.807) is 0 Å². The molecule has 0 aliphatic carbocycles. The Hall–Kier alpha value is 0.250. The Kier molecular flexibility index (Phi) is 1.28. The minimum Gasteiger partial charge on any atom is -0.352 e. The van der Waals surface area contributed by atoms with Crippen LogP contribution in [0.15, 0.2) is 0 Å². The summed E-state index contributed by atoms with van der Waals surface area (Å²) >= 11 is 5.61. The van der Waals surface area contributed by atoms with E-state index in [0.29, 0.717) is 0 Å². The van der Waals surface area contributed by atoms with Gasteiger partial charge in [-0.25, -0.2) is 0 Å². The third kappa shape index (κ3) is 1.15. The predicted molar refractivity (Wildman–Crippen MR) is 34.0 cm³/mol. The van der Waals surface area contributed by atoms with Crippen molar-refractivity contribution in [2.45, 2.75) is 32.4 Å². The highest BCUT2D eigenvalue weighted by molar-refractivity contribution is 6.21. The Labute approximate surface area is 55.0 Å². The highest BCUT2D eigenvalue weighted by Gasteiger charge is 2.45. The molecule has 0 amide bonds. The fraction of sp³-hybridized carbons (Fsp3) is 1.00. The van der Waals surface area contributed by atoms with Crippen molar-refractivity contribution < 1.29 is 4.74 Å². The number of rotatable bonds is 0. The van der Waals surface area contributed by atoms with E-state index in [0.717, 1.165) is 0 Å². The molecule has 0 aromatic carbocycles. The maximum absolute atomic E-state index is 5.61. The van der Waals surface area contributed by atoms with Crippen molar-refractivity contribution in [1.29, 1.82) is 0 Å². The number of ether oxygens (including phenoxy) is 1. The van der Waals surface area contributed by atoms with E-state index in [9.17, 15) is 0 Å². The Morgan fingerprint density at radius 2 is 1.75 bits per heavy atom. The molecular formula is C6H11ClO.